The molecule has 0 saturated heterocycles. The van der Waals surface area contributed by atoms with E-state index in [0.717, 1.165) is 17.8 Å². The normalized spacial score (nSPS) is 10.8. The summed E-state index contributed by atoms with van der Waals surface area (Å²) in [7, 11) is 0. The molecule has 2 aromatic heterocycles. The molecule has 0 aliphatic heterocycles. The zero-order valence-corrected chi connectivity index (χ0v) is 11.0. The topological polar surface area (TPSA) is 43.6 Å². The van der Waals surface area contributed by atoms with E-state index in [9.17, 15) is 0 Å². The second-order valence-electron chi connectivity index (χ2n) is 3.99. The van der Waals surface area contributed by atoms with Crippen LogP contribution in [0.3, 0.4) is 0 Å². The fourth-order valence-electron chi connectivity index (χ4n) is 1.97. The van der Waals surface area contributed by atoms with Crippen LogP contribution in [-0.4, -0.2) is 19.7 Å². The Labute approximate surface area is 106 Å². The van der Waals surface area contributed by atoms with Crippen molar-refractivity contribution in [2.45, 2.75) is 33.7 Å². The van der Waals surface area contributed by atoms with E-state index in [1.165, 1.54) is 11.3 Å². The smallest absolute Gasteiger partial charge is 0.147 e. The summed E-state index contributed by atoms with van der Waals surface area (Å²) in [6.45, 7) is 6.90. The predicted octanol–water partition coefficient (Wildman–Crippen LogP) is 2.55. The van der Waals surface area contributed by atoms with E-state index >= 15 is 0 Å². The van der Waals surface area contributed by atoms with Gasteiger partial charge < -0.3 is 0 Å². The number of hydrogen-bond acceptors (Lipinski definition) is 3. The number of aromatic nitrogens is 4. The van der Waals surface area contributed by atoms with Crippen molar-refractivity contribution in [3.05, 3.63) is 40.2 Å². The number of nitrogens with zero attached hydrogens (tertiary/aromatic N) is 4. The molecule has 90 valence electrons. The van der Waals surface area contributed by atoms with Crippen molar-refractivity contribution in [1.82, 2.24) is 19.7 Å². The van der Waals surface area contributed by atoms with Gasteiger partial charge in [0.2, 0.25) is 0 Å². The van der Waals surface area contributed by atoms with Crippen LogP contribution in [0.5, 0.6) is 0 Å². The first-order chi connectivity index (χ1) is 8.11. The lowest BCUT2D eigenvalue weighted by molar-refractivity contribution is 0.643. The molecular weight excluding hydrogens is 236 g/mol. The van der Waals surface area contributed by atoms with E-state index in [1.54, 1.807) is 12.4 Å². The summed E-state index contributed by atoms with van der Waals surface area (Å²) in [6.07, 6.45) is 4.25. The minimum absolute atomic E-state index is 0.413. The highest BCUT2D eigenvalue weighted by Crippen LogP contribution is 2.14. The fraction of sp³-hybridized carbons (Fsp3) is 0.417. The van der Waals surface area contributed by atoms with Gasteiger partial charge >= 0.3 is 0 Å². The van der Waals surface area contributed by atoms with Crippen LogP contribution in [-0.2, 0) is 13.0 Å². The lowest BCUT2D eigenvalue weighted by atomic mass is 10.1. The molecule has 0 aromatic carbocycles. The van der Waals surface area contributed by atoms with Gasteiger partial charge in [0.1, 0.15) is 5.15 Å². The third-order valence-corrected chi connectivity index (χ3v) is 3.07. The quantitative estimate of drug-likeness (QED) is 0.841. The molecule has 0 N–H and O–H groups in total. The summed E-state index contributed by atoms with van der Waals surface area (Å²) in [6, 6.07) is 0. The SMILES string of the molecule is CCc1c(C)nn(Cc2cnc(Cl)cn2)c1C. The molecule has 0 amide bonds. The second kappa shape index (κ2) is 4.84. The summed E-state index contributed by atoms with van der Waals surface area (Å²) >= 11 is 5.70. The Kier molecular flexibility index (Phi) is 3.43. The summed E-state index contributed by atoms with van der Waals surface area (Å²) in [5.74, 6) is 0. The van der Waals surface area contributed by atoms with Crippen LogP contribution in [0.2, 0.25) is 5.15 Å². The van der Waals surface area contributed by atoms with Gasteiger partial charge in [-0.2, -0.15) is 5.10 Å². The van der Waals surface area contributed by atoms with Crippen LogP contribution < -0.4 is 0 Å². The Morgan fingerprint density at radius 1 is 1.24 bits per heavy atom. The average molecular weight is 251 g/mol. The monoisotopic (exact) mass is 250 g/mol. The van der Waals surface area contributed by atoms with Gasteiger partial charge in [-0.3, -0.25) is 9.67 Å². The van der Waals surface area contributed by atoms with Gasteiger partial charge in [-0.1, -0.05) is 18.5 Å². The van der Waals surface area contributed by atoms with Crippen LogP contribution in [0.25, 0.3) is 0 Å². The molecule has 2 rings (SSSR count). The highest BCUT2D eigenvalue weighted by atomic mass is 35.5. The molecule has 0 radical (unpaired) electrons. The predicted molar refractivity (Wildman–Crippen MR) is 67.2 cm³/mol. The van der Waals surface area contributed by atoms with E-state index in [1.807, 2.05) is 11.6 Å². The molecule has 17 heavy (non-hydrogen) atoms. The average Bonchev–Trinajstić information content (AvgIpc) is 2.57. The van der Waals surface area contributed by atoms with Crippen LogP contribution in [0, 0.1) is 13.8 Å². The van der Waals surface area contributed by atoms with Crippen LogP contribution in [0.15, 0.2) is 12.4 Å². The molecule has 0 fully saturated rings. The summed E-state index contributed by atoms with van der Waals surface area (Å²) < 4.78 is 1.96. The summed E-state index contributed by atoms with van der Waals surface area (Å²) in [5, 5.41) is 4.93. The Hall–Kier alpha value is -1.42. The van der Waals surface area contributed by atoms with Gasteiger partial charge in [0.15, 0.2) is 0 Å². The number of rotatable bonds is 3. The molecular formula is C12H15ClN4. The highest BCUT2D eigenvalue weighted by molar-refractivity contribution is 6.29. The lowest BCUT2D eigenvalue weighted by Gasteiger charge is -2.04. The minimum atomic E-state index is 0.413. The van der Waals surface area contributed by atoms with Crippen molar-refractivity contribution in [2.75, 3.05) is 0 Å². The van der Waals surface area contributed by atoms with Gasteiger partial charge in [0.05, 0.1) is 30.3 Å². The van der Waals surface area contributed by atoms with Gasteiger partial charge in [0, 0.05) is 5.69 Å². The van der Waals surface area contributed by atoms with Crippen LogP contribution >= 0.6 is 11.6 Å². The van der Waals surface area contributed by atoms with Crippen molar-refractivity contribution >= 4 is 11.6 Å². The van der Waals surface area contributed by atoms with E-state index in [-0.39, 0.29) is 0 Å². The first kappa shape index (κ1) is 12.0. The van der Waals surface area contributed by atoms with Crippen molar-refractivity contribution in [1.29, 1.82) is 0 Å². The van der Waals surface area contributed by atoms with Crippen LogP contribution in [0.4, 0.5) is 0 Å². The number of halogens is 1. The Morgan fingerprint density at radius 2 is 2.00 bits per heavy atom. The summed E-state index contributed by atoms with van der Waals surface area (Å²) in [5.41, 5.74) is 4.46. The Bertz CT molecular complexity index is 516. The van der Waals surface area contributed by atoms with E-state index in [4.69, 9.17) is 11.6 Å². The second-order valence-corrected chi connectivity index (χ2v) is 4.38. The van der Waals surface area contributed by atoms with Gasteiger partial charge in [0.25, 0.3) is 0 Å². The molecule has 0 aliphatic rings. The standard InChI is InChI=1S/C12H15ClN4/c1-4-11-8(2)16-17(9(11)3)7-10-5-15-12(13)6-14-10/h5-6H,4,7H2,1-3H3. The van der Waals surface area contributed by atoms with Crippen molar-refractivity contribution < 1.29 is 0 Å². The van der Waals surface area contributed by atoms with Gasteiger partial charge in [-0.05, 0) is 25.8 Å². The van der Waals surface area contributed by atoms with Crippen molar-refractivity contribution in [3.63, 3.8) is 0 Å². The van der Waals surface area contributed by atoms with E-state index in [0.29, 0.717) is 11.7 Å². The molecule has 0 atom stereocenters. The first-order valence-corrected chi connectivity index (χ1v) is 5.99. The molecule has 0 saturated carbocycles. The van der Waals surface area contributed by atoms with E-state index < -0.39 is 0 Å². The maximum absolute atomic E-state index is 5.70. The van der Waals surface area contributed by atoms with E-state index in [2.05, 4.69) is 28.9 Å². The first-order valence-electron chi connectivity index (χ1n) is 5.61. The maximum atomic E-state index is 5.70. The third-order valence-electron chi connectivity index (χ3n) is 2.87. The Morgan fingerprint density at radius 3 is 2.53 bits per heavy atom. The zero-order valence-electron chi connectivity index (χ0n) is 10.2. The molecule has 0 spiro atoms. The lowest BCUT2D eigenvalue weighted by Crippen LogP contribution is -2.06. The molecule has 2 aromatic rings. The molecule has 2 heterocycles. The highest BCUT2D eigenvalue weighted by Gasteiger charge is 2.10. The largest absolute Gasteiger partial charge is 0.263 e. The molecule has 0 bridgehead atoms. The molecule has 0 aliphatic carbocycles. The Balaban J connectivity index is 2.27. The van der Waals surface area contributed by atoms with Crippen molar-refractivity contribution in [3.8, 4) is 0 Å². The fourth-order valence-corrected chi connectivity index (χ4v) is 2.07. The molecule has 5 heteroatoms. The van der Waals surface area contributed by atoms with Gasteiger partial charge in [-0.15, -0.1) is 0 Å². The summed E-state index contributed by atoms with van der Waals surface area (Å²) in [4.78, 5) is 8.24. The van der Waals surface area contributed by atoms with Gasteiger partial charge in [-0.25, -0.2) is 4.98 Å². The third kappa shape index (κ3) is 2.47. The maximum Gasteiger partial charge on any atom is 0.147 e. The molecule has 4 nitrogen and oxygen atoms in total. The van der Waals surface area contributed by atoms with Crippen molar-refractivity contribution in [2.24, 2.45) is 0 Å². The number of hydrogen-bond donors (Lipinski definition) is 0. The molecule has 0 unspecified atom stereocenters. The number of aryl methyl sites for hydroxylation is 1. The minimum Gasteiger partial charge on any atom is -0.263 e. The zero-order chi connectivity index (χ0) is 12.4. The van der Waals surface area contributed by atoms with Crippen LogP contribution in [0.1, 0.15) is 29.6 Å².